The number of benzene rings is 9. The minimum atomic E-state index is 0.910. The lowest BCUT2D eigenvalue weighted by atomic mass is 9.97. The van der Waals surface area contributed by atoms with E-state index in [4.69, 9.17) is 4.42 Å². The van der Waals surface area contributed by atoms with Crippen molar-refractivity contribution in [3.05, 3.63) is 194 Å². The molecule has 0 aliphatic heterocycles. The molecule has 0 unspecified atom stereocenters. The Morgan fingerprint density at radius 2 is 1.00 bits per heavy atom. The molecule has 0 atom stereocenters. The van der Waals surface area contributed by atoms with Gasteiger partial charge in [-0.15, -0.1) is 0 Å². The fraction of sp³-hybridized carbons (Fsp3) is 0. The zero-order chi connectivity index (χ0) is 34.9. The van der Waals surface area contributed by atoms with Gasteiger partial charge in [0.05, 0.1) is 22.4 Å². The molecule has 3 heteroatoms. The van der Waals surface area contributed by atoms with Gasteiger partial charge in [-0.2, -0.15) is 0 Å². The summed E-state index contributed by atoms with van der Waals surface area (Å²) in [5.74, 6) is 0. The Hall–Kier alpha value is -7.10. The first-order valence-corrected chi connectivity index (χ1v) is 18.1. The molecule has 0 radical (unpaired) electrons. The van der Waals surface area contributed by atoms with Gasteiger partial charge in [-0.3, -0.25) is 0 Å². The Morgan fingerprint density at radius 1 is 0.396 bits per heavy atom. The predicted octanol–water partition coefficient (Wildman–Crippen LogP) is 14.1. The van der Waals surface area contributed by atoms with E-state index < -0.39 is 0 Å². The molecular formula is C50H32N2O. The van der Waals surface area contributed by atoms with E-state index in [0.717, 1.165) is 66.6 Å². The Kier molecular flexibility index (Phi) is 6.55. The summed E-state index contributed by atoms with van der Waals surface area (Å²) in [6.45, 7) is 0. The molecule has 0 aliphatic rings. The summed E-state index contributed by atoms with van der Waals surface area (Å²) in [7, 11) is 0. The standard InChI is InChI=1S/C50H32N2O/c1-2-14-38-33(12-1)13-11-22-46(38)51(36-27-29-37(30-28-36)52-47-20-8-4-16-40(47)41-17-5-9-21-48(41)52)45-19-7-3-15-39(45)35-25-24-34-26-31-43-42-18-6-10-23-49(42)53-50(43)44(34)32-35/h1-32H. The van der Waals surface area contributed by atoms with Crippen molar-refractivity contribution >= 4 is 82.4 Å². The van der Waals surface area contributed by atoms with Crippen LogP contribution in [-0.2, 0) is 0 Å². The van der Waals surface area contributed by atoms with Gasteiger partial charge in [-0.25, -0.2) is 0 Å². The largest absolute Gasteiger partial charge is 0.455 e. The van der Waals surface area contributed by atoms with Crippen LogP contribution in [0.25, 0.3) is 82.1 Å². The maximum Gasteiger partial charge on any atom is 0.143 e. The van der Waals surface area contributed by atoms with Gasteiger partial charge >= 0.3 is 0 Å². The number of aromatic nitrogens is 1. The first kappa shape index (κ1) is 29.6. The molecule has 11 aromatic rings. The monoisotopic (exact) mass is 676 g/mol. The molecule has 9 aromatic carbocycles. The molecule has 2 aromatic heterocycles. The summed E-state index contributed by atoms with van der Waals surface area (Å²) < 4.78 is 8.88. The van der Waals surface area contributed by atoms with E-state index in [1.807, 2.05) is 6.07 Å². The van der Waals surface area contributed by atoms with Crippen molar-refractivity contribution in [3.63, 3.8) is 0 Å². The first-order valence-electron chi connectivity index (χ1n) is 18.1. The number of furan rings is 1. The van der Waals surface area contributed by atoms with Gasteiger partial charge in [-0.05, 0) is 83.1 Å². The highest BCUT2D eigenvalue weighted by atomic mass is 16.3. The fourth-order valence-corrected chi connectivity index (χ4v) is 8.35. The third-order valence-electron chi connectivity index (χ3n) is 10.8. The molecule has 0 fully saturated rings. The Bertz CT molecular complexity index is 3130. The summed E-state index contributed by atoms with van der Waals surface area (Å²) >= 11 is 0. The summed E-state index contributed by atoms with van der Waals surface area (Å²) in [5.41, 5.74) is 10.9. The minimum absolute atomic E-state index is 0.910. The van der Waals surface area contributed by atoms with Crippen LogP contribution in [0.4, 0.5) is 17.1 Å². The van der Waals surface area contributed by atoms with Crippen molar-refractivity contribution in [1.29, 1.82) is 0 Å². The number of nitrogens with zero attached hydrogens (tertiary/aromatic N) is 2. The van der Waals surface area contributed by atoms with E-state index in [2.05, 4.69) is 198 Å². The number of hydrogen-bond acceptors (Lipinski definition) is 2. The van der Waals surface area contributed by atoms with E-state index in [1.54, 1.807) is 0 Å². The summed E-state index contributed by atoms with van der Waals surface area (Å²) in [5, 5.41) is 9.46. The van der Waals surface area contributed by atoms with Crippen LogP contribution in [0.15, 0.2) is 199 Å². The van der Waals surface area contributed by atoms with E-state index in [0.29, 0.717) is 0 Å². The van der Waals surface area contributed by atoms with Gasteiger partial charge in [0.15, 0.2) is 0 Å². The van der Waals surface area contributed by atoms with Gasteiger partial charge in [0.1, 0.15) is 11.2 Å². The van der Waals surface area contributed by atoms with Crippen LogP contribution in [0, 0.1) is 0 Å². The van der Waals surface area contributed by atoms with Gasteiger partial charge in [-0.1, -0.05) is 127 Å². The second-order valence-corrected chi connectivity index (χ2v) is 13.7. The van der Waals surface area contributed by atoms with Crippen LogP contribution in [0.3, 0.4) is 0 Å². The maximum absolute atomic E-state index is 6.50. The number of para-hydroxylation sites is 4. The van der Waals surface area contributed by atoms with Crippen LogP contribution in [0.1, 0.15) is 0 Å². The minimum Gasteiger partial charge on any atom is -0.455 e. The second-order valence-electron chi connectivity index (χ2n) is 13.7. The molecule has 3 nitrogen and oxygen atoms in total. The summed E-state index contributed by atoms with van der Waals surface area (Å²) in [4.78, 5) is 2.42. The van der Waals surface area contributed by atoms with Crippen molar-refractivity contribution in [2.75, 3.05) is 4.90 Å². The molecule has 0 spiro atoms. The smallest absolute Gasteiger partial charge is 0.143 e. The van der Waals surface area contributed by atoms with E-state index >= 15 is 0 Å². The number of fused-ring (bicyclic) bond motifs is 9. The van der Waals surface area contributed by atoms with E-state index in [-0.39, 0.29) is 0 Å². The normalized spacial score (nSPS) is 11.8. The lowest BCUT2D eigenvalue weighted by molar-refractivity contribution is 0.672. The summed E-state index contributed by atoms with van der Waals surface area (Å²) in [6.07, 6.45) is 0. The average Bonchev–Trinajstić information content (AvgIpc) is 3.78. The third-order valence-corrected chi connectivity index (χ3v) is 10.8. The molecule has 0 saturated carbocycles. The average molecular weight is 677 g/mol. The third kappa shape index (κ3) is 4.61. The highest BCUT2D eigenvalue weighted by molar-refractivity contribution is 6.16. The van der Waals surface area contributed by atoms with Crippen molar-refractivity contribution < 1.29 is 4.42 Å². The molecule has 53 heavy (non-hydrogen) atoms. The van der Waals surface area contributed by atoms with Crippen molar-refractivity contribution in [3.8, 4) is 16.8 Å². The topological polar surface area (TPSA) is 21.3 Å². The van der Waals surface area contributed by atoms with Crippen LogP contribution < -0.4 is 4.90 Å². The van der Waals surface area contributed by atoms with Gasteiger partial charge in [0.2, 0.25) is 0 Å². The zero-order valence-electron chi connectivity index (χ0n) is 28.8. The van der Waals surface area contributed by atoms with Gasteiger partial charge in [0, 0.05) is 49.3 Å². The number of hydrogen-bond donors (Lipinski definition) is 0. The number of anilines is 3. The van der Waals surface area contributed by atoms with Crippen LogP contribution in [0.5, 0.6) is 0 Å². The molecule has 0 N–H and O–H groups in total. The Labute approximate surface area is 306 Å². The van der Waals surface area contributed by atoms with Crippen LogP contribution in [-0.4, -0.2) is 4.57 Å². The molecule has 0 aliphatic carbocycles. The second kappa shape index (κ2) is 11.7. The van der Waals surface area contributed by atoms with Crippen molar-refractivity contribution in [2.45, 2.75) is 0 Å². The van der Waals surface area contributed by atoms with Crippen molar-refractivity contribution in [1.82, 2.24) is 4.57 Å². The molecular weight excluding hydrogens is 645 g/mol. The lowest BCUT2D eigenvalue weighted by Gasteiger charge is -2.29. The van der Waals surface area contributed by atoms with Crippen LogP contribution >= 0.6 is 0 Å². The maximum atomic E-state index is 6.50. The predicted molar refractivity (Wildman–Crippen MR) is 223 cm³/mol. The van der Waals surface area contributed by atoms with Crippen LogP contribution in [0.2, 0.25) is 0 Å². The summed E-state index contributed by atoms with van der Waals surface area (Å²) in [6, 6.07) is 69.8. The SMILES string of the molecule is c1ccc(N(c2ccc(-n3c4ccccc4c4ccccc43)cc2)c2cccc3ccccc23)c(-c2ccc3ccc4c5ccccc5oc4c3c2)c1. The lowest BCUT2D eigenvalue weighted by Crippen LogP contribution is -2.12. The Balaban J connectivity index is 1.12. The number of rotatable bonds is 5. The molecule has 0 bridgehead atoms. The molecule has 248 valence electrons. The van der Waals surface area contributed by atoms with Crippen molar-refractivity contribution in [2.24, 2.45) is 0 Å². The quantitative estimate of drug-likeness (QED) is 0.181. The molecule has 11 rings (SSSR count). The first-order chi connectivity index (χ1) is 26.3. The zero-order valence-corrected chi connectivity index (χ0v) is 28.8. The molecule has 0 saturated heterocycles. The van der Waals surface area contributed by atoms with Gasteiger partial charge < -0.3 is 13.9 Å². The highest BCUT2D eigenvalue weighted by Crippen LogP contribution is 2.45. The van der Waals surface area contributed by atoms with E-state index in [1.165, 1.54) is 32.6 Å². The molecule has 2 heterocycles. The van der Waals surface area contributed by atoms with Gasteiger partial charge in [0.25, 0.3) is 0 Å². The highest BCUT2D eigenvalue weighted by Gasteiger charge is 2.21. The molecule has 0 amide bonds. The Morgan fingerprint density at radius 3 is 1.81 bits per heavy atom. The fourth-order valence-electron chi connectivity index (χ4n) is 8.35. The van der Waals surface area contributed by atoms with E-state index in [9.17, 15) is 0 Å².